The van der Waals surface area contributed by atoms with Crippen LogP contribution in [0.4, 0.5) is 0 Å². The molecule has 3 amide bonds. The average molecular weight is 698 g/mol. The maximum Gasteiger partial charge on any atom is 0.265 e. The minimum atomic E-state index is -0.822. The van der Waals surface area contributed by atoms with E-state index in [4.69, 9.17) is 5.73 Å². The van der Waals surface area contributed by atoms with Crippen molar-refractivity contribution in [1.82, 2.24) is 15.6 Å². The summed E-state index contributed by atoms with van der Waals surface area (Å²) in [6.07, 6.45) is 13.9. The van der Waals surface area contributed by atoms with E-state index in [1.165, 1.54) is 32.1 Å². The van der Waals surface area contributed by atoms with Gasteiger partial charge in [0.1, 0.15) is 16.6 Å². The quantitative estimate of drug-likeness (QED) is 0.135. The fourth-order valence-electron chi connectivity index (χ4n) is 6.72. The molecule has 0 bridgehead atoms. The molecule has 0 radical (unpaired) electrons. The van der Waals surface area contributed by atoms with Crippen LogP contribution >= 0.6 is 23.1 Å². The van der Waals surface area contributed by atoms with Crippen molar-refractivity contribution >= 4 is 62.4 Å². The molecule has 2 aromatic rings. The number of amides is 3. The highest BCUT2D eigenvalue weighted by Crippen LogP contribution is 2.39. The Morgan fingerprint density at radius 3 is 2.40 bits per heavy atom. The second-order valence-electron chi connectivity index (χ2n) is 13.4. The Balaban J connectivity index is 0.000000255. The van der Waals surface area contributed by atoms with Crippen molar-refractivity contribution in [2.24, 2.45) is 17.6 Å². The summed E-state index contributed by atoms with van der Waals surface area (Å²) in [6.45, 7) is 6.85. The molecule has 264 valence electrons. The van der Waals surface area contributed by atoms with Crippen LogP contribution < -0.4 is 16.4 Å². The van der Waals surface area contributed by atoms with E-state index in [-0.39, 0.29) is 56.6 Å². The SMILES string of the molecule is CCCCC(C)CC.N#CC(C(=O)C(CC1CC2(CCCCC2)NC1=O)NC(=O)CS)=S1CCCC1.NC(=O)c1cc2ccccc2[nH]1. The van der Waals surface area contributed by atoms with E-state index in [0.29, 0.717) is 12.1 Å². The van der Waals surface area contributed by atoms with Gasteiger partial charge in [-0.15, -0.1) is 0 Å². The topological polar surface area (TPSA) is 158 Å². The highest BCUT2D eigenvalue weighted by molar-refractivity contribution is 8.17. The van der Waals surface area contributed by atoms with Gasteiger partial charge in [-0.1, -0.05) is 83.9 Å². The van der Waals surface area contributed by atoms with Crippen LogP contribution in [-0.4, -0.2) is 62.2 Å². The molecule has 5 rings (SSSR count). The third-order valence-corrected chi connectivity index (χ3v) is 12.4. The van der Waals surface area contributed by atoms with E-state index in [2.05, 4.69) is 55.1 Å². The normalized spacial score (nSPS) is 19.6. The molecule has 2 saturated heterocycles. The van der Waals surface area contributed by atoms with E-state index >= 15 is 0 Å². The minimum absolute atomic E-state index is 0.0263. The van der Waals surface area contributed by atoms with Gasteiger partial charge < -0.3 is 21.4 Å². The molecule has 9 nitrogen and oxygen atoms in total. The maximum atomic E-state index is 13.2. The Morgan fingerprint density at radius 2 is 1.81 bits per heavy atom. The van der Waals surface area contributed by atoms with E-state index in [1.807, 2.05) is 24.3 Å². The number of aromatic nitrogens is 1. The van der Waals surface area contributed by atoms with Crippen molar-refractivity contribution in [3.05, 3.63) is 36.0 Å². The molecule has 1 aliphatic carbocycles. The smallest absolute Gasteiger partial charge is 0.265 e. The second kappa shape index (κ2) is 19.8. The van der Waals surface area contributed by atoms with Gasteiger partial charge >= 0.3 is 0 Å². The van der Waals surface area contributed by atoms with Crippen LogP contribution in [0.1, 0.15) is 115 Å². The molecule has 3 fully saturated rings. The lowest BCUT2D eigenvalue weighted by atomic mass is 9.78. The zero-order chi connectivity index (χ0) is 35.1. The predicted molar refractivity (Wildman–Crippen MR) is 200 cm³/mol. The number of nitrogens with zero attached hydrogens (tertiary/aromatic N) is 1. The largest absolute Gasteiger partial charge is 0.364 e. The number of hydrogen-bond donors (Lipinski definition) is 5. The number of H-pyrrole nitrogens is 1. The van der Waals surface area contributed by atoms with Crippen molar-refractivity contribution in [1.29, 1.82) is 5.26 Å². The van der Waals surface area contributed by atoms with Crippen LogP contribution in [0, 0.1) is 23.2 Å². The van der Waals surface area contributed by atoms with Gasteiger partial charge in [-0.05, 0) is 68.1 Å². The molecule has 11 heteroatoms. The summed E-state index contributed by atoms with van der Waals surface area (Å²) in [5.74, 6) is 1.25. The molecular weight excluding hydrogens is 643 g/mol. The Labute approximate surface area is 294 Å². The molecule has 1 spiro atoms. The number of aromatic amines is 1. The van der Waals surface area contributed by atoms with E-state index in [0.717, 1.165) is 66.9 Å². The number of ketones is 1. The number of primary amides is 1. The fraction of sp³-hybridized carbons (Fsp3) is 0.622. The van der Waals surface area contributed by atoms with Crippen molar-refractivity contribution in [2.45, 2.75) is 116 Å². The molecule has 1 aromatic carbocycles. The summed E-state index contributed by atoms with van der Waals surface area (Å²) in [5, 5.41) is 16.5. The highest BCUT2D eigenvalue weighted by Gasteiger charge is 2.46. The number of nitrogens with one attached hydrogen (secondary N) is 3. The minimum Gasteiger partial charge on any atom is -0.364 e. The number of fused-ring (bicyclic) bond motifs is 1. The first-order chi connectivity index (χ1) is 23.1. The second-order valence-corrected chi connectivity index (χ2v) is 16.0. The predicted octanol–water partition coefficient (Wildman–Crippen LogP) is 6.45. The first-order valence-electron chi connectivity index (χ1n) is 17.6. The summed E-state index contributed by atoms with van der Waals surface area (Å²) < 4.78 is 0. The summed E-state index contributed by atoms with van der Waals surface area (Å²) in [5.41, 5.74) is 6.36. The lowest BCUT2D eigenvalue weighted by Gasteiger charge is -2.33. The highest BCUT2D eigenvalue weighted by atomic mass is 32.2. The number of para-hydroxylation sites is 1. The number of nitriles is 1. The molecule has 3 heterocycles. The van der Waals surface area contributed by atoms with Crippen LogP contribution in [0.2, 0.25) is 0 Å². The number of carbonyl (C=O) groups is 4. The van der Waals surface area contributed by atoms with Crippen LogP contribution in [0.5, 0.6) is 0 Å². The lowest BCUT2D eigenvalue weighted by Crippen LogP contribution is -2.46. The number of Topliss-reactive ketones (excluding diaryl/α,β-unsaturated/α-hetero) is 1. The number of nitrogens with two attached hydrogens (primary N) is 1. The number of hydrogen-bond acceptors (Lipinski definition) is 6. The van der Waals surface area contributed by atoms with Gasteiger partial charge in [0.25, 0.3) is 5.91 Å². The van der Waals surface area contributed by atoms with Gasteiger partial charge in [-0.25, -0.2) is 0 Å². The Morgan fingerprint density at radius 1 is 1.12 bits per heavy atom. The summed E-state index contributed by atoms with van der Waals surface area (Å²) in [6, 6.07) is 10.7. The standard InChI is InChI=1S/C20H29N3O3S2.C9H8N2O.C8H18/c21-12-16(28-8-4-5-9-28)18(25)15(22-17(24)13-27)10-14-11-20(23-19(14)26)6-2-1-3-7-20;10-9(12)8-5-6-3-1-2-4-7(6)11-8;1-4-6-7-8(3)5-2/h14-15,27H,1-11,13H2,(H,22,24)(H,23,26);1-5,11H,(H2,10,12);8H,4-7H2,1-3H3. The molecule has 1 saturated carbocycles. The lowest BCUT2D eigenvalue weighted by molar-refractivity contribution is -0.126. The molecule has 3 aliphatic rings. The fourth-order valence-corrected chi connectivity index (χ4v) is 9.09. The average Bonchev–Trinajstić information content (AvgIpc) is 3.84. The van der Waals surface area contributed by atoms with E-state index in [1.54, 1.807) is 6.07 Å². The number of unbranched alkanes of at least 4 members (excludes halogenated alkanes) is 1. The molecule has 2 aliphatic heterocycles. The molecule has 48 heavy (non-hydrogen) atoms. The zero-order valence-corrected chi connectivity index (χ0v) is 30.7. The molecule has 1 aromatic heterocycles. The van der Waals surface area contributed by atoms with Gasteiger partial charge in [-0.3, -0.25) is 19.2 Å². The summed E-state index contributed by atoms with van der Waals surface area (Å²) in [4.78, 5) is 51.7. The van der Waals surface area contributed by atoms with Crippen LogP contribution in [0.25, 0.3) is 10.9 Å². The van der Waals surface area contributed by atoms with Gasteiger partial charge in [0.05, 0.1) is 11.8 Å². The Hall–Kier alpha value is -3.10. The Bertz CT molecular complexity index is 1430. The number of rotatable bonds is 11. The maximum absolute atomic E-state index is 13.2. The van der Waals surface area contributed by atoms with Crippen LogP contribution in [-0.2, 0) is 14.4 Å². The third-order valence-electron chi connectivity index (χ3n) is 9.71. The van der Waals surface area contributed by atoms with Gasteiger partial charge in [-0.2, -0.15) is 28.4 Å². The van der Waals surface area contributed by atoms with Crippen LogP contribution in [0.3, 0.4) is 0 Å². The van der Waals surface area contributed by atoms with E-state index < -0.39 is 11.9 Å². The summed E-state index contributed by atoms with van der Waals surface area (Å²) >= 11 is 3.99. The van der Waals surface area contributed by atoms with E-state index in [9.17, 15) is 24.4 Å². The number of thiol groups is 1. The van der Waals surface area contributed by atoms with Crippen molar-refractivity contribution in [2.75, 3.05) is 17.3 Å². The van der Waals surface area contributed by atoms with Gasteiger partial charge in [0.15, 0.2) is 0 Å². The molecule has 5 N–H and O–H groups in total. The Kier molecular flexibility index (Phi) is 16.2. The van der Waals surface area contributed by atoms with Crippen molar-refractivity contribution in [3.63, 3.8) is 0 Å². The molecule has 3 atom stereocenters. The first kappa shape index (κ1) is 39.3. The third kappa shape index (κ3) is 11.5. The number of carbonyl (C=O) groups excluding carboxylic acids is 4. The molecule has 3 unspecified atom stereocenters. The summed E-state index contributed by atoms with van der Waals surface area (Å²) in [7, 11) is -0.320. The zero-order valence-electron chi connectivity index (χ0n) is 28.9. The number of benzene rings is 1. The van der Waals surface area contributed by atoms with Gasteiger partial charge in [0, 0.05) is 22.4 Å². The monoisotopic (exact) mass is 697 g/mol. The van der Waals surface area contributed by atoms with Crippen LogP contribution in [0.15, 0.2) is 30.3 Å². The molecular formula is C37H55N5O4S2. The van der Waals surface area contributed by atoms with Crippen molar-refractivity contribution in [3.8, 4) is 6.07 Å². The first-order valence-corrected chi connectivity index (χ1v) is 19.8. The van der Waals surface area contributed by atoms with Gasteiger partial charge in [0.2, 0.25) is 17.6 Å². The van der Waals surface area contributed by atoms with Crippen molar-refractivity contribution < 1.29 is 19.2 Å².